The minimum absolute atomic E-state index is 0.645. The van der Waals surface area contributed by atoms with Gasteiger partial charge in [-0.3, -0.25) is 0 Å². The molecular formula is C15H14N4. The molecule has 0 saturated carbocycles. The van der Waals surface area contributed by atoms with Gasteiger partial charge >= 0.3 is 0 Å². The van der Waals surface area contributed by atoms with Crippen LogP contribution in [-0.4, -0.2) is 20.2 Å². The van der Waals surface area contributed by atoms with E-state index in [9.17, 15) is 0 Å². The van der Waals surface area contributed by atoms with Crippen LogP contribution in [0.3, 0.4) is 0 Å². The average molecular weight is 250 g/mol. The van der Waals surface area contributed by atoms with E-state index in [1.165, 1.54) is 11.1 Å². The fourth-order valence-corrected chi connectivity index (χ4v) is 1.95. The number of aromatic nitrogens is 4. The van der Waals surface area contributed by atoms with Crippen molar-refractivity contribution in [1.29, 1.82) is 0 Å². The number of hydrogen-bond acceptors (Lipinski definition) is 3. The minimum atomic E-state index is 0.645. The highest BCUT2D eigenvalue weighted by molar-refractivity contribution is 5.52. The number of aryl methyl sites for hydroxylation is 1. The molecular weight excluding hydrogens is 236 g/mol. The summed E-state index contributed by atoms with van der Waals surface area (Å²) >= 11 is 0. The molecule has 0 amide bonds. The van der Waals surface area contributed by atoms with Gasteiger partial charge in [0.05, 0.1) is 6.54 Å². The van der Waals surface area contributed by atoms with Gasteiger partial charge in [0.2, 0.25) is 5.82 Å². The molecule has 0 bridgehead atoms. The Labute approximate surface area is 111 Å². The van der Waals surface area contributed by atoms with Crippen molar-refractivity contribution in [2.24, 2.45) is 0 Å². The molecule has 4 heteroatoms. The Hall–Kier alpha value is -2.49. The van der Waals surface area contributed by atoms with Crippen LogP contribution in [0.25, 0.3) is 11.4 Å². The van der Waals surface area contributed by atoms with Crippen LogP contribution in [0.2, 0.25) is 0 Å². The second-order valence-electron chi connectivity index (χ2n) is 4.44. The molecule has 0 fully saturated rings. The molecule has 19 heavy (non-hydrogen) atoms. The first kappa shape index (κ1) is 11.6. The lowest BCUT2D eigenvalue weighted by Gasteiger charge is -2.03. The van der Waals surface area contributed by atoms with Crippen molar-refractivity contribution >= 4 is 0 Å². The summed E-state index contributed by atoms with van der Waals surface area (Å²) in [5.74, 6) is 0.661. The summed E-state index contributed by atoms with van der Waals surface area (Å²) in [5.41, 5.74) is 3.43. The van der Waals surface area contributed by atoms with Crippen molar-refractivity contribution in [3.8, 4) is 11.4 Å². The zero-order valence-corrected chi connectivity index (χ0v) is 10.7. The van der Waals surface area contributed by atoms with Gasteiger partial charge in [-0.05, 0) is 23.3 Å². The number of benzene rings is 2. The number of hydrogen-bond donors (Lipinski definition) is 0. The zero-order valence-electron chi connectivity index (χ0n) is 10.7. The van der Waals surface area contributed by atoms with Crippen molar-refractivity contribution in [3.63, 3.8) is 0 Å². The van der Waals surface area contributed by atoms with Gasteiger partial charge in [-0.1, -0.05) is 54.6 Å². The van der Waals surface area contributed by atoms with Crippen molar-refractivity contribution in [2.75, 3.05) is 0 Å². The Morgan fingerprint density at radius 3 is 2.47 bits per heavy atom. The third-order valence-electron chi connectivity index (χ3n) is 3.06. The topological polar surface area (TPSA) is 43.6 Å². The summed E-state index contributed by atoms with van der Waals surface area (Å²) in [6.07, 6.45) is 0. The molecule has 0 unspecified atom stereocenters. The van der Waals surface area contributed by atoms with Gasteiger partial charge < -0.3 is 0 Å². The quantitative estimate of drug-likeness (QED) is 0.717. The van der Waals surface area contributed by atoms with E-state index in [0.29, 0.717) is 12.4 Å². The molecule has 0 atom stereocenters. The van der Waals surface area contributed by atoms with Gasteiger partial charge in [-0.2, -0.15) is 4.80 Å². The predicted octanol–water partition coefficient (Wildman–Crippen LogP) is 2.70. The highest BCUT2D eigenvalue weighted by Crippen LogP contribution is 2.13. The second kappa shape index (κ2) is 5.02. The van der Waals surface area contributed by atoms with Crippen LogP contribution in [-0.2, 0) is 6.54 Å². The summed E-state index contributed by atoms with van der Waals surface area (Å²) in [6, 6.07) is 18.1. The fourth-order valence-electron chi connectivity index (χ4n) is 1.95. The maximum absolute atomic E-state index is 4.41. The smallest absolute Gasteiger partial charge is 0.159 e. The molecule has 0 aliphatic rings. The molecule has 0 N–H and O–H groups in total. The van der Waals surface area contributed by atoms with E-state index < -0.39 is 0 Å². The lowest BCUT2D eigenvalue weighted by Crippen LogP contribution is -2.05. The first-order valence-corrected chi connectivity index (χ1v) is 6.21. The summed E-state index contributed by atoms with van der Waals surface area (Å²) in [4.78, 5) is 1.63. The van der Waals surface area contributed by atoms with Crippen LogP contribution < -0.4 is 0 Å². The molecule has 1 aromatic heterocycles. The average Bonchev–Trinajstić information content (AvgIpc) is 2.91. The third-order valence-corrected chi connectivity index (χ3v) is 3.06. The zero-order chi connectivity index (χ0) is 13.1. The molecule has 0 spiro atoms. The Morgan fingerprint density at radius 2 is 1.68 bits per heavy atom. The summed E-state index contributed by atoms with van der Waals surface area (Å²) in [7, 11) is 0. The van der Waals surface area contributed by atoms with Gasteiger partial charge in [-0.25, -0.2) is 0 Å². The van der Waals surface area contributed by atoms with E-state index in [0.717, 1.165) is 5.56 Å². The summed E-state index contributed by atoms with van der Waals surface area (Å²) in [5, 5.41) is 12.6. The monoisotopic (exact) mass is 250 g/mol. The Balaban J connectivity index is 1.85. The minimum Gasteiger partial charge on any atom is -0.159 e. The third kappa shape index (κ3) is 2.52. The van der Waals surface area contributed by atoms with Crippen LogP contribution in [0.1, 0.15) is 11.1 Å². The van der Waals surface area contributed by atoms with Gasteiger partial charge in [0, 0.05) is 5.56 Å². The molecule has 0 aliphatic heterocycles. The molecule has 2 aromatic carbocycles. The van der Waals surface area contributed by atoms with Gasteiger partial charge in [-0.15, -0.1) is 10.2 Å². The molecule has 0 saturated heterocycles. The SMILES string of the molecule is Cc1ccccc1Cn1nnc(-c2ccccc2)n1. The number of nitrogens with zero attached hydrogens (tertiary/aromatic N) is 4. The van der Waals surface area contributed by atoms with E-state index in [-0.39, 0.29) is 0 Å². The van der Waals surface area contributed by atoms with Crippen molar-refractivity contribution in [1.82, 2.24) is 20.2 Å². The Bertz CT molecular complexity index is 673. The van der Waals surface area contributed by atoms with Crippen LogP contribution in [0, 0.1) is 6.92 Å². The normalized spacial score (nSPS) is 10.6. The van der Waals surface area contributed by atoms with Gasteiger partial charge in [0.25, 0.3) is 0 Å². The van der Waals surface area contributed by atoms with E-state index in [2.05, 4.69) is 34.5 Å². The van der Waals surface area contributed by atoms with Crippen molar-refractivity contribution < 1.29 is 0 Å². The maximum atomic E-state index is 4.41. The standard InChI is InChI=1S/C15H14N4/c1-12-7-5-6-10-14(12)11-19-17-15(16-18-19)13-8-3-2-4-9-13/h2-10H,11H2,1H3. The van der Waals surface area contributed by atoms with Crippen LogP contribution in [0.4, 0.5) is 0 Å². The van der Waals surface area contributed by atoms with Crippen LogP contribution >= 0.6 is 0 Å². The second-order valence-corrected chi connectivity index (χ2v) is 4.44. The van der Waals surface area contributed by atoms with Gasteiger partial charge in [0.1, 0.15) is 0 Å². The molecule has 94 valence electrons. The largest absolute Gasteiger partial charge is 0.204 e. The highest BCUT2D eigenvalue weighted by Gasteiger charge is 2.06. The fraction of sp³-hybridized carbons (Fsp3) is 0.133. The lowest BCUT2D eigenvalue weighted by atomic mass is 10.1. The number of tetrazole rings is 1. The van der Waals surface area contributed by atoms with Gasteiger partial charge in [0.15, 0.2) is 0 Å². The van der Waals surface area contributed by atoms with E-state index in [1.807, 2.05) is 42.5 Å². The molecule has 3 aromatic rings. The lowest BCUT2D eigenvalue weighted by molar-refractivity contribution is 0.571. The first-order valence-electron chi connectivity index (χ1n) is 6.21. The molecule has 3 rings (SSSR count). The van der Waals surface area contributed by atoms with Crippen molar-refractivity contribution in [2.45, 2.75) is 13.5 Å². The summed E-state index contributed by atoms with van der Waals surface area (Å²) in [6.45, 7) is 2.73. The molecule has 0 aliphatic carbocycles. The summed E-state index contributed by atoms with van der Waals surface area (Å²) < 4.78 is 0. The van der Waals surface area contributed by atoms with E-state index in [1.54, 1.807) is 4.80 Å². The molecule has 4 nitrogen and oxygen atoms in total. The highest BCUT2D eigenvalue weighted by atomic mass is 15.6. The Morgan fingerprint density at radius 1 is 0.947 bits per heavy atom. The molecule has 0 radical (unpaired) electrons. The Kier molecular flexibility index (Phi) is 3.06. The van der Waals surface area contributed by atoms with E-state index in [4.69, 9.17) is 0 Å². The van der Waals surface area contributed by atoms with Crippen LogP contribution in [0.15, 0.2) is 54.6 Å². The maximum Gasteiger partial charge on any atom is 0.204 e. The van der Waals surface area contributed by atoms with E-state index >= 15 is 0 Å². The molecule has 1 heterocycles. The first-order chi connectivity index (χ1) is 9.33. The van der Waals surface area contributed by atoms with Crippen LogP contribution in [0.5, 0.6) is 0 Å². The number of rotatable bonds is 3. The van der Waals surface area contributed by atoms with Crippen molar-refractivity contribution in [3.05, 3.63) is 65.7 Å². The predicted molar refractivity (Wildman–Crippen MR) is 73.5 cm³/mol.